The van der Waals surface area contributed by atoms with Crippen LogP contribution >= 0.6 is 0 Å². The number of piperazine rings is 1. The molecule has 2 heterocycles. The Morgan fingerprint density at radius 1 is 1.12 bits per heavy atom. The molecule has 2 saturated heterocycles. The Balaban J connectivity index is 1.60. The van der Waals surface area contributed by atoms with E-state index < -0.39 is 0 Å². The lowest BCUT2D eigenvalue weighted by Crippen LogP contribution is -2.50. The van der Waals surface area contributed by atoms with E-state index in [9.17, 15) is 4.79 Å². The smallest absolute Gasteiger partial charge is 0.410 e. The number of fused-ring (bicyclic) bond motifs is 2. The molecular formula is C13H22N2O2. The molecule has 0 radical (unpaired) electrons. The Bertz CT molecular complexity index is 333. The number of nitrogens with zero attached hydrogens (tertiary/aromatic N) is 2. The van der Waals surface area contributed by atoms with Crippen LogP contribution in [0.1, 0.15) is 40.0 Å². The second kappa shape index (κ2) is 3.61. The third-order valence-corrected chi connectivity index (χ3v) is 3.93. The Morgan fingerprint density at radius 2 is 1.82 bits per heavy atom. The van der Waals surface area contributed by atoms with Crippen molar-refractivity contribution >= 4 is 6.09 Å². The maximum absolute atomic E-state index is 12.0. The first-order valence-corrected chi connectivity index (χ1v) is 6.69. The Hall–Kier alpha value is -0.770. The molecule has 4 nitrogen and oxygen atoms in total. The van der Waals surface area contributed by atoms with Gasteiger partial charge in [-0.15, -0.1) is 0 Å². The molecule has 4 heteroatoms. The largest absolute Gasteiger partial charge is 0.444 e. The van der Waals surface area contributed by atoms with E-state index in [1.807, 2.05) is 25.7 Å². The summed E-state index contributed by atoms with van der Waals surface area (Å²) in [4.78, 5) is 16.6. The number of carbonyl (C=O) groups excluding carboxylic acids is 1. The summed E-state index contributed by atoms with van der Waals surface area (Å²) in [5.74, 6) is 0. The van der Waals surface area contributed by atoms with E-state index in [0.29, 0.717) is 12.1 Å². The molecule has 3 fully saturated rings. The second-order valence-electron chi connectivity index (χ2n) is 6.60. The summed E-state index contributed by atoms with van der Waals surface area (Å²) in [5, 5.41) is 0. The second-order valence-corrected chi connectivity index (χ2v) is 6.60. The molecule has 1 saturated carbocycles. The van der Waals surface area contributed by atoms with Gasteiger partial charge >= 0.3 is 6.09 Å². The molecule has 2 atom stereocenters. The highest BCUT2D eigenvalue weighted by Gasteiger charge is 2.50. The van der Waals surface area contributed by atoms with Gasteiger partial charge in [0, 0.05) is 31.2 Å². The van der Waals surface area contributed by atoms with Gasteiger partial charge < -0.3 is 9.64 Å². The summed E-state index contributed by atoms with van der Waals surface area (Å²) in [5.41, 5.74) is -0.380. The van der Waals surface area contributed by atoms with Crippen LogP contribution in [0.25, 0.3) is 0 Å². The topological polar surface area (TPSA) is 32.8 Å². The highest BCUT2D eigenvalue weighted by atomic mass is 16.6. The first kappa shape index (κ1) is 11.3. The number of rotatable bonds is 1. The third-order valence-electron chi connectivity index (χ3n) is 3.93. The van der Waals surface area contributed by atoms with Crippen molar-refractivity contribution in [3.8, 4) is 0 Å². The number of ether oxygens (including phenoxy) is 1. The quantitative estimate of drug-likeness (QED) is 0.699. The van der Waals surface area contributed by atoms with Gasteiger partial charge in [-0.2, -0.15) is 0 Å². The lowest BCUT2D eigenvalue weighted by molar-refractivity contribution is 0.0123. The molecule has 2 bridgehead atoms. The van der Waals surface area contributed by atoms with Gasteiger partial charge in [-0.05, 0) is 40.0 Å². The van der Waals surface area contributed by atoms with Crippen LogP contribution in [0.4, 0.5) is 4.79 Å². The lowest BCUT2D eigenvalue weighted by Gasteiger charge is -2.35. The lowest BCUT2D eigenvalue weighted by atomic mass is 10.2. The number of likely N-dealkylation sites (tertiary alicyclic amines) is 2. The van der Waals surface area contributed by atoms with E-state index >= 15 is 0 Å². The number of amides is 1. The molecule has 1 aliphatic carbocycles. The Labute approximate surface area is 103 Å². The molecule has 96 valence electrons. The highest BCUT2D eigenvalue weighted by molar-refractivity contribution is 5.69. The molecule has 17 heavy (non-hydrogen) atoms. The van der Waals surface area contributed by atoms with Crippen molar-refractivity contribution in [2.24, 2.45) is 0 Å². The maximum atomic E-state index is 12.0. The summed E-state index contributed by atoms with van der Waals surface area (Å²) in [6, 6.07) is 1.82. The summed E-state index contributed by atoms with van der Waals surface area (Å²) >= 11 is 0. The van der Waals surface area contributed by atoms with Gasteiger partial charge in [-0.25, -0.2) is 4.79 Å². The molecule has 2 aliphatic heterocycles. The fourth-order valence-corrected chi connectivity index (χ4v) is 3.10. The van der Waals surface area contributed by atoms with Crippen LogP contribution in [0.2, 0.25) is 0 Å². The summed E-state index contributed by atoms with van der Waals surface area (Å²) in [6.07, 6.45) is 3.74. The molecule has 0 aromatic rings. The van der Waals surface area contributed by atoms with Crippen LogP contribution in [0.3, 0.4) is 0 Å². The van der Waals surface area contributed by atoms with E-state index in [4.69, 9.17) is 4.74 Å². The van der Waals surface area contributed by atoms with Crippen LogP contribution in [-0.4, -0.2) is 52.7 Å². The fourth-order valence-electron chi connectivity index (χ4n) is 3.10. The van der Waals surface area contributed by atoms with Crippen molar-refractivity contribution in [2.45, 2.75) is 63.8 Å². The minimum Gasteiger partial charge on any atom is -0.444 e. The molecule has 0 aromatic carbocycles. The van der Waals surface area contributed by atoms with Crippen molar-refractivity contribution in [3.05, 3.63) is 0 Å². The van der Waals surface area contributed by atoms with Crippen LogP contribution < -0.4 is 0 Å². The SMILES string of the molecule is CC(C)(C)OC(=O)N1C[C@@H]2C[C@H]1CN2C1CC1. The van der Waals surface area contributed by atoms with Gasteiger partial charge in [0.1, 0.15) is 5.60 Å². The third kappa shape index (κ3) is 2.15. The zero-order valence-corrected chi connectivity index (χ0v) is 11.0. The molecular weight excluding hydrogens is 216 g/mol. The van der Waals surface area contributed by atoms with Crippen LogP contribution in [0.15, 0.2) is 0 Å². The highest BCUT2D eigenvalue weighted by Crippen LogP contribution is 2.39. The Morgan fingerprint density at radius 3 is 2.29 bits per heavy atom. The van der Waals surface area contributed by atoms with E-state index in [1.165, 1.54) is 12.8 Å². The average molecular weight is 238 g/mol. The molecule has 3 rings (SSSR count). The standard InChI is InChI=1S/C13H22N2O2/c1-13(2,3)17-12(16)15-8-10-6-11(15)7-14(10)9-4-5-9/h9-11H,4-8H2,1-3H3/t10-,11-/m0/s1. The summed E-state index contributed by atoms with van der Waals surface area (Å²) < 4.78 is 5.45. The van der Waals surface area contributed by atoms with Crippen LogP contribution in [-0.2, 0) is 4.74 Å². The minimum absolute atomic E-state index is 0.125. The van der Waals surface area contributed by atoms with Gasteiger partial charge in [0.05, 0.1) is 0 Å². The zero-order valence-electron chi connectivity index (χ0n) is 11.0. The van der Waals surface area contributed by atoms with Gasteiger partial charge in [-0.1, -0.05) is 0 Å². The average Bonchev–Trinajstić information content (AvgIpc) is 2.85. The molecule has 0 unspecified atom stereocenters. The summed E-state index contributed by atoms with van der Waals surface area (Å²) in [7, 11) is 0. The van der Waals surface area contributed by atoms with Crippen molar-refractivity contribution < 1.29 is 9.53 Å². The normalized spacial score (nSPS) is 33.2. The number of hydrogen-bond donors (Lipinski definition) is 0. The van der Waals surface area contributed by atoms with Crippen molar-refractivity contribution in [2.75, 3.05) is 13.1 Å². The van der Waals surface area contributed by atoms with Gasteiger partial charge in [0.15, 0.2) is 0 Å². The molecule has 0 N–H and O–H groups in total. The van der Waals surface area contributed by atoms with Gasteiger partial charge in [0.25, 0.3) is 0 Å². The predicted molar refractivity (Wildman–Crippen MR) is 64.9 cm³/mol. The minimum atomic E-state index is -0.380. The Kier molecular flexibility index (Phi) is 2.41. The maximum Gasteiger partial charge on any atom is 0.410 e. The zero-order chi connectivity index (χ0) is 12.2. The molecule has 1 amide bonds. The number of carbonyl (C=O) groups is 1. The molecule has 0 aromatic heterocycles. The van der Waals surface area contributed by atoms with Gasteiger partial charge in [-0.3, -0.25) is 4.90 Å². The monoisotopic (exact) mass is 238 g/mol. The predicted octanol–water partition coefficient (Wildman–Crippen LogP) is 1.84. The van der Waals surface area contributed by atoms with Gasteiger partial charge in [0.2, 0.25) is 0 Å². The first-order valence-electron chi connectivity index (χ1n) is 6.69. The van der Waals surface area contributed by atoms with Crippen molar-refractivity contribution in [1.29, 1.82) is 0 Å². The first-order chi connectivity index (χ1) is 7.94. The van der Waals surface area contributed by atoms with Crippen LogP contribution in [0, 0.1) is 0 Å². The summed E-state index contributed by atoms with van der Waals surface area (Å²) in [6.45, 7) is 7.71. The molecule has 3 aliphatic rings. The van der Waals surface area contributed by atoms with Crippen molar-refractivity contribution in [1.82, 2.24) is 9.80 Å². The molecule has 0 spiro atoms. The van der Waals surface area contributed by atoms with E-state index in [-0.39, 0.29) is 11.7 Å². The van der Waals surface area contributed by atoms with E-state index in [0.717, 1.165) is 25.6 Å². The van der Waals surface area contributed by atoms with Crippen molar-refractivity contribution in [3.63, 3.8) is 0 Å². The fraction of sp³-hybridized carbons (Fsp3) is 0.923. The van der Waals surface area contributed by atoms with E-state index in [2.05, 4.69) is 4.90 Å². The number of hydrogen-bond acceptors (Lipinski definition) is 3. The van der Waals surface area contributed by atoms with Crippen LogP contribution in [0.5, 0.6) is 0 Å². The van der Waals surface area contributed by atoms with E-state index in [1.54, 1.807) is 0 Å².